The van der Waals surface area contributed by atoms with Gasteiger partial charge in [0.15, 0.2) is 0 Å². The molecule has 0 aliphatic rings. The van der Waals surface area contributed by atoms with Gasteiger partial charge < -0.3 is 5.11 Å². The van der Waals surface area contributed by atoms with E-state index in [4.69, 9.17) is 5.11 Å². The molecule has 0 fully saturated rings. The molecule has 0 saturated heterocycles. The van der Waals surface area contributed by atoms with E-state index in [-0.39, 0.29) is 12.3 Å². The molecule has 5 heteroatoms. The molecular formula is C12H15N3O2. The summed E-state index contributed by atoms with van der Waals surface area (Å²) in [4.78, 5) is 10.7. The van der Waals surface area contributed by atoms with E-state index in [1.807, 2.05) is 33.0 Å². The summed E-state index contributed by atoms with van der Waals surface area (Å²) in [5.41, 5.74) is 3.86. The molecule has 1 aromatic heterocycles. The van der Waals surface area contributed by atoms with Crippen LogP contribution < -0.4 is 0 Å². The molecule has 0 aliphatic carbocycles. The van der Waals surface area contributed by atoms with E-state index in [0.29, 0.717) is 0 Å². The summed E-state index contributed by atoms with van der Waals surface area (Å²) in [6.45, 7) is 3.88. The van der Waals surface area contributed by atoms with Crippen molar-refractivity contribution >= 4 is 17.0 Å². The van der Waals surface area contributed by atoms with Crippen molar-refractivity contribution in [2.75, 3.05) is 0 Å². The van der Waals surface area contributed by atoms with Crippen molar-refractivity contribution in [1.29, 1.82) is 0 Å². The predicted octanol–water partition coefficient (Wildman–Crippen LogP) is 1.85. The summed E-state index contributed by atoms with van der Waals surface area (Å²) in [6.07, 6.45) is 0.132. The van der Waals surface area contributed by atoms with Gasteiger partial charge in [-0.1, -0.05) is 18.2 Å². The fraction of sp³-hybridized carbons (Fsp3) is 0.417. The van der Waals surface area contributed by atoms with Crippen LogP contribution in [0.2, 0.25) is 0 Å². The third-order valence-corrected chi connectivity index (χ3v) is 3.09. The fourth-order valence-corrected chi connectivity index (χ4v) is 2.15. The van der Waals surface area contributed by atoms with Gasteiger partial charge in [0.25, 0.3) is 0 Å². The molecule has 2 rings (SSSR count). The number of aromatic nitrogens is 3. The molecule has 1 atom stereocenters. The molecule has 0 amide bonds. The molecule has 90 valence electrons. The quantitative estimate of drug-likeness (QED) is 0.878. The van der Waals surface area contributed by atoms with E-state index < -0.39 is 5.97 Å². The Morgan fingerprint density at radius 2 is 2.24 bits per heavy atom. The summed E-state index contributed by atoms with van der Waals surface area (Å²) in [7, 11) is 1.84. The van der Waals surface area contributed by atoms with Crippen molar-refractivity contribution in [3.63, 3.8) is 0 Å². The van der Waals surface area contributed by atoms with Crippen molar-refractivity contribution in [2.45, 2.75) is 26.2 Å². The minimum atomic E-state index is -0.781. The molecule has 1 aromatic carbocycles. The Morgan fingerprint density at radius 1 is 1.53 bits per heavy atom. The first kappa shape index (κ1) is 11.6. The van der Waals surface area contributed by atoms with Crippen LogP contribution in [-0.2, 0) is 11.8 Å². The fourth-order valence-electron chi connectivity index (χ4n) is 2.15. The minimum Gasteiger partial charge on any atom is -0.481 e. The Kier molecular flexibility index (Phi) is 2.83. The minimum absolute atomic E-state index is 0.0149. The van der Waals surface area contributed by atoms with Crippen molar-refractivity contribution in [3.8, 4) is 0 Å². The number of nitrogens with zero attached hydrogens (tertiary/aromatic N) is 3. The standard InChI is InChI=1S/C12H15N3O2/c1-7(6-11(16)17)9-4-5-10-12(8(9)2)13-14-15(10)3/h4-5,7H,6H2,1-3H3,(H,16,17). The smallest absolute Gasteiger partial charge is 0.303 e. The highest BCUT2D eigenvalue weighted by Gasteiger charge is 2.15. The molecule has 0 aliphatic heterocycles. The molecular weight excluding hydrogens is 218 g/mol. The number of hydrogen-bond acceptors (Lipinski definition) is 3. The normalized spacial score (nSPS) is 12.9. The van der Waals surface area contributed by atoms with Gasteiger partial charge >= 0.3 is 5.97 Å². The van der Waals surface area contributed by atoms with Crippen molar-refractivity contribution in [1.82, 2.24) is 15.0 Å². The first-order valence-electron chi connectivity index (χ1n) is 5.51. The zero-order valence-electron chi connectivity index (χ0n) is 10.1. The van der Waals surface area contributed by atoms with Crippen LogP contribution in [0, 0.1) is 6.92 Å². The van der Waals surface area contributed by atoms with Crippen LogP contribution in [0.15, 0.2) is 12.1 Å². The number of carboxylic acid groups (broad SMARTS) is 1. The van der Waals surface area contributed by atoms with E-state index >= 15 is 0 Å². The maximum Gasteiger partial charge on any atom is 0.303 e. The van der Waals surface area contributed by atoms with Gasteiger partial charge in [-0.3, -0.25) is 4.79 Å². The lowest BCUT2D eigenvalue weighted by Gasteiger charge is -2.12. The molecule has 1 N–H and O–H groups in total. The highest BCUT2D eigenvalue weighted by Crippen LogP contribution is 2.27. The summed E-state index contributed by atoms with van der Waals surface area (Å²) in [5, 5.41) is 16.9. The van der Waals surface area contributed by atoms with Gasteiger partial charge in [0.1, 0.15) is 5.52 Å². The lowest BCUT2D eigenvalue weighted by atomic mass is 9.93. The number of rotatable bonds is 3. The Balaban J connectivity index is 2.49. The number of benzene rings is 1. The Labute approximate surface area is 99.1 Å². The van der Waals surface area contributed by atoms with Crippen molar-refractivity contribution in [3.05, 3.63) is 23.3 Å². The third kappa shape index (κ3) is 2.00. The van der Waals surface area contributed by atoms with Crippen LogP contribution in [0.1, 0.15) is 30.4 Å². The number of fused-ring (bicyclic) bond motifs is 1. The number of aliphatic carboxylic acids is 1. The molecule has 0 radical (unpaired) electrons. The average molecular weight is 233 g/mol. The van der Waals surface area contributed by atoms with E-state index in [2.05, 4.69) is 10.3 Å². The van der Waals surface area contributed by atoms with Crippen molar-refractivity contribution in [2.24, 2.45) is 7.05 Å². The van der Waals surface area contributed by atoms with Gasteiger partial charge in [-0.15, -0.1) is 5.10 Å². The number of hydrogen-bond donors (Lipinski definition) is 1. The van der Waals surface area contributed by atoms with Gasteiger partial charge in [0.2, 0.25) is 0 Å². The SMILES string of the molecule is Cc1c(C(C)CC(=O)O)ccc2c1nnn2C. The summed E-state index contributed by atoms with van der Waals surface area (Å²) >= 11 is 0. The first-order valence-corrected chi connectivity index (χ1v) is 5.51. The number of carboxylic acids is 1. The average Bonchev–Trinajstić information content (AvgIpc) is 2.61. The highest BCUT2D eigenvalue weighted by molar-refractivity contribution is 5.79. The molecule has 0 bridgehead atoms. The first-order chi connectivity index (χ1) is 8.00. The van der Waals surface area contributed by atoms with Crippen LogP contribution in [0.25, 0.3) is 11.0 Å². The Hall–Kier alpha value is -1.91. The second-order valence-corrected chi connectivity index (χ2v) is 4.36. The summed E-state index contributed by atoms with van der Waals surface area (Å²) in [6, 6.07) is 3.91. The second-order valence-electron chi connectivity index (χ2n) is 4.36. The summed E-state index contributed by atoms with van der Waals surface area (Å²) in [5.74, 6) is -0.796. The molecule has 17 heavy (non-hydrogen) atoms. The predicted molar refractivity (Wildman–Crippen MR) is 63.9 cm³/mol. The summed E-state index contributed by atoms with van der Waals surface area (Å²) < 4.78 is 1.72. The third-order valence-electron chi connectivity index (χ3n) is 3.09. The largest absolute Gasteiger partial charge is 0.481 e. The van der Waals surface area contributed by atoms with E-state index in [9.17, 15) is 4.79 Å². The maximum atomic E-state index is 10.7. The maximum absolute atomic E-state index is 10.7. The van der Waals surface area contributed by atoms with Gasteiger partial charge in [0.05, 0.1) is 11.9 Å². The van der Waals surface area contributed by atoms with Crippen LogP contribution in [0.4, 0.5) is 0 Å². The molecule has 1 heterocycles. The van der Waals surface area contributed by atoms with E-state index in [1.165, 1.54) is 0 Å². The zero-order chi connectivity index (χ0) is 12.6. The van der Waals surface area contributed by atoms with Crippen molar-refractivity contribution < 1.29 is 9.90 Å². The molecule has 5 nitrogen and oxygen atoms in total. The molecule has 0 saturated carbocycles. The van der Waals surface area contributed by atoms with E-state index in [0.717, 1.165) is 22.2 Å². The van der Waals surface area contributed by atoms with Gasteiger partial charge in [-0.25, -0.2) is 4.68 Å². The van der Waals surface area contributed by atoms with Crippen LogP contribution in [0.3, 0.4) is 0 Å². The molecule has 0 spiro atoms. The number of carbonyl (C=O) groups is 1. The van der Waals surface area contributed by atoms with Crippen LogP contribution in [-0.4, -0.2) is 26.1 Å². The van der Waals surface area contributed by atoms with E-state index in [1.54, 1.807) is 4.68 Å². The monoisotopic (exact) mass is 233 g/mol. The Morgan fingerprint density at radius 3 is 2.88 bits per heavy atom. The van der Waals surface area contributed by atoms with Crippen LogP contribution >= 0.6 is 0 Å². The van der Waals surface area contributed by atoms with Gasteiger partial charge in [-0.05, 0) is 30.0 Å². The Bertz CT molecular complexity index is 574. The zero-order valence-corrected chi connectivity index (χ0v) is 10.1. The van der Waals surface area contributed by atoms with Gasteiger partial charge in [0, 0.05) is 7.05 Å². The lowest BCUT2D eigenvalue weighted by molar-refractivity contribution is -0.137. The molecule has 2 aromatic rings. The second kappa shape index (κ2) is 4.16. The lowest BCUT2D eigenvalue weighted by Crippen LogP contribution is -2.04. The topological polar surface area (TPSA) is 68.0 Å². The highest BCUT2D eigenvalue weighted by atomic mass is 16.4. The number of aryl methyl sites for hydroxylation is 2. The van der Waals surface area contributed by atoms with Gasteiger partial charge in [-0.2, -0.15) is 0 Å². The van der Waals surface area contributed by atoms with Crippen LogP contribution in [0.5, 0.6) is 0 Å². The molecule has 1 unspecified atom stereocenters.